The van der Waals surface area contributed by atoms with Crippen LogP contribution in [0.25, 0.3) is 10.9 Å². The van der Waals surface area contributed by atoms with Crippen molar-refractivity contribution >= 4 is 16.8 Å². The lowest BCUT2D eigenvalue weighted by Crippen LogP contribution is -2.29. The number of nitrogens with one attached hydrogen (secondary N) is 1. The van der Waals surface area contributed by atoms with E-state index in [2.05, 4.69) is 24.0 Å². The lowest BCUT2D eigenvalue weighted by atomic mass is 9.98. The number of likely N-dealkylation sites (N-methyl/N-ethyl adjacent to an activating group) is 1. The van der Waals surface area contributed by atoms with Crippen LogP contribution < -0.4 is 0 Å². The van der Waals surface area contributed by atoms with Crippen molar-refractivity contribution in [3.8, 4) is 0 Å². The van der Waals surface area contributed by atoms with Crippen molar-refractivity contribution < 1.29 is 4.79 Å². The first-order valence-corrected chi connectivity index (χ1v) is 6.54. The predicted octanol–water partition coefficient (Wildman–Crippen LogP) is 2.68. The van der Waals surface area contributed by atoms with Gasteiger partial charge in [-0.15, -0.1) is 0 Å². The minimum absolute atomic E-state index is 0.219. The average molecular weight is 242 g/mol. The molecule has 3 nitrogen and oxygen atoms in total. The Morgan fingerprint density at radius 2 is 2.17 bits per heavy atom. The molecule has 1 aliphatic rings. The SMILES string of the molecule is CCC1CN(C)C(=O)Cc2c1[nH]c1ccccc21. The summed E-state index contributed by atoms with van der Waals surface area (Å²) >= 11 is 0. The second-order valence-electron chi connectivity index (χ2n) is 5.12. The van der Waals surface area contributed by atoms with Crippen LogP contribution in [0.15, 0.2) is 24.3 Å². The van der Waals surface area contributed by atoms with Gasteiger partial charge in [-0.25, -0.2) is 0 Å². The molecule has 1 aromatic carbocycles. The van der Waals surface area contributed by atoms with Crippen LogP contribution in [0.5, 0.6) is 0 Å². The van der Waals surface area contributed by atoms with Gasteiger partial charge in [0.15, 0.2) is 0 Å². The summed E-state index contributed by atoms with van der Waals surface area (Å²) < 4.78 is 0. The molecule has 1 aliphatic heterocycles. The lowest BCUT2D eigenvalue weighted by Gasteiger charge is -2.19. The number of H-pyrrole nitrogens is 1. The van der Waals surface area contributed by atoms with E-state index in [9.17, 15) is 4.79 Å². The molecule has 0 bridgehead atoms. The molecule has 2 heterocycles. The minimum atomic E-state index is 0.219. The summed E-state index contributed by atoms with van der Waals surface area (Å²) in [6, 6.07) is 8.27. The zero-order valence-electron chi connectivity index (χ0n) is 10.9. The molecule has 1 atom stereocenters. The number of benzene rings is 1. The van der Waals surface area contributed by atoms with E-state index in [-0.39, 0.29) is 5.91 Å². The van der Waals surface area contributed by atoms with Gasteiger partial charge in [0.1, 0.15) is 0 Å². The van der Waals surface area contributed by atoms with E-state index in [4.69, 9.17) is 0 Å². The van der Waals surface area contributed by atoms with Crippen LogP contribution in [0.3, 0.4) is 0 Å². The average Bonchev–Trinajstić information content (AvgIpc) is 2.69. The summed E-state index contributed by atoms with van der Waals surface area (Å²) in [6.45, 7) is 3.00. The Bertz CT molecular complexity index is 600. The highest BCUT2D eigenvalue weighted by atomic mass is 16.2. The zero-order chi connectivity index (χ0) is 12.7. The molecule has 3 rings (SSSR count). The summed E-state index contributed by atoms with van der Waals surface area (Å²) in [4.78, 5) is 17.5. The van der Waals surface area contributed by atoms with Gasteiger partial charge in [0.05, 0.1) is 6.42 Å². The first-order chi connectivity index (χ1) is 8.70. The van der Waals surface area contributed by atoms with E-state index in [1.165, 1.54) is 16.6 Å². The Labute approximate surface area is 107 Å². The number of amides is 1. The first kappa shape index (κ1) is 11.3. The molecule has 0 saturated heterocycles. The maximum atomic E-state index is 12.1. The first-order valence-electron chi connectivity index (χ1n) is 6.54. The van der Waals surface area contributed by atoms with Gasteiger partial charge in [-0.3, -0.25) is 4.79 Å². The summed E-state index contributed by atoms with van der Waals surface area (Å²) in [5, 5.41) is 1.20. The highest BCUT2D eigenvalue weighted by Gasteiger charge is 2.27. The van der Waals surface area contributed by atoms with Crippen molar-refractivity contribution in [2.75, 3.05) is 13.6 Å². The number of hydrogen-bond donors (Lipinski definition) is 1. The third kappa shape index (κ3) is 1.62. The molecule has 94 valence electrons. The normalized spacial score (nSPS) is 20.0. The second-order valence-corrected chi connectivity index (χ2v) is 5.12. The number of para-hydroxylation sites is 1. The van der Waals surface area contributed by atoms with E-state index in [0.29, 0.717) is 12.3 Å². The molecule has 1 N–H and O–H groups in total. The van der Waals surface area contributed by atoms with E-state index in [0.717, 1.165) is 18.5 Å². The predicted molar refractivity (Wildman–Crippen MR) is 72.7 cm³/mol. The van der Waals surface area contributed by atoms with Gasteiger partial charge in [-0.2, -0.15) is 0 Å². The number of rotatable bonds is 1. The fourth-order valence-electron chi connectivity index (χ4n) is 2.90. The van der Waals surface area contributed by atoms with Crippen LogP contribution in [0, 0.1) is 0 Å². The molecule has 2 aromatic rings. The number of carbonyl (C=O) groups excluding carboxylic acids is 1. The molecule has 0 radical (unpaired) electrons. The molecule has 1 unspecified atom stereocenters. The fraction of sp³-hybridized carbons (Fsp3) is 0.400. The summed E-state index contributed by atoms with van der Waals surface area (Å²) in [7, 11) is 1.90. The Hall–Kier alpha value is -1.77. The van der Waals surface area contributed by atoms with Crippen LogP contribution in [-0.2, 0) is 11.2 Å². The molecular weight excluding hydrogens is 224 g/mol. The van der Waals surface area contributed by atoms with Crippen molar-refractivity contribution in [3.05, 3.63) is 35.5 Å². The number of aromatic amines is 1. The summed E-state index contributed by atoms with van der Waals surface area (Å²) in [5.74, 6) is 0.640. The van der Waals surface area contributed by atoms with Crippen LogP contribution in [0.2, 0.25) is 0 Å². The maximum Gasteiger partial charge on any atom is 0.226 e. The third-order valence-corrected chi connectivity index (χ3v) is 4.00. The topological polar surface area (TPSA) is 36.1 Å². The Kier molecular flexibility index (Phi) is 2.62. The van der Waals surface area contributed by atoms with Crippen LogP contribution in [0.1, 0.15) is 30.5 Å². The molecule has 1 amide bonds. The van der Waals surface area contributed by atoms with Crippen molar-refractivity contribution in [1.82, 2.24) is 9.88 Å². The second kappa shape index (κ2) is 4.16. The number of nitrogens with zero attached hydrogens (tertiary/aromatic N) is 1. The molecule has 3 heteroatoms. The summed E-state index contributed by atoms with van der Waals surface area (Å²) in [6.07, 6.45) is 1.57. The van der Waals surface area contributed by atoms with Gasteiger partial charge in [0.25, 0.3) is 0 Å². The van der Waals surface area contributed by atoms with E-state index in [1.807, 2.05) is 24.1 Å². The van der Waals surface area contributed by atoms with Gasteiger partial charge in [-0.05, 0) is 18.1 Å². The monoisotopic (exact) mass is 242 g/mol. The van der Waals surface area contributed by atoms with Crippen molar-refractivity contribution in [2.24, 2.45) is 0 Å². The molecule has 1 aromatic heterocycles. The van der Waals surface area contributed by atoms with Gasteiger partial charge in [-0.1, -0.05) is 25.1 Å². The molecular formula is C15H18N2O. The molecule has 0 spiro atoms. The van der Waals surface area contributed by atoms with Crippen molar-refractivity contribution in [2.45, 2.75) is 25.7 Å². The van der Waals surface area contributed by atoms with Crippen LogP contribution in [-0.4, -0.2) is 29.4 Å². The Balaban J connectivity index is 2.21. The number of hydrogen-bond acceptors (Lipinski definition) is 1. The van der Waals surface area contributed by atoms with E-state index >= 15 is 0 Å². The maximum absolute atomic E-state index is 12.1. The molecule has 0 fully saturated rings. The zero-order valence-corrected chi connectivity index (χ0v) is 10.9. The third-order valence-electron chi connectivity index (χ3n) is 4.00. The molecule has 18 heavy (non-hydrogen) atoms. The Morgan fingerprint density at radius 3 is 2.94 bits per heavy atom. The van der Waals surface area contributed by atoms with Gasteiger partial charge >= 0.3 is 0 Å². The highest BCUT2D eigenvalue weighted by Crippen LogP contribution is 2.32. The van der Waals surface area contributed by atoms with Gasteiger partial charge in [0, 0.05) is 36.1 Å². The largest absolute Gasteiger partial charge is 0.358 e. The Morgan fingerprint density at radius 1 is 1.39 bits per heavy atom. The number of aromatic nitrogens is 1. The van der Waals surface area contributed by atoms with Gasteiger partial charge in [0.2, 0.25) is 5.91 Å². The van der Waals surface area contributed by atoms with E-state index < -0.39 is 0 Å². The highest BCUT2D eigenvalue weighted by molar-refractivity contribution is 5.91. The van der Waals surface area contributed by atoms with E-state index in [1.54, 1.807) is 0 Å². The van der Waals surface area contributed by atoms with Crippen LogP contribution >= 0.6 is 0 Å². The van der Waals surface area contributed by atoms with Crippen molar-refractivity contribution in [3.63, 3.8) is 0 Å². The minimum Gasteiger partial charge on any atom is -0.358 e. The molecule has 0 saturated carbocycles. The van der Waals surface area contributed by atoms with Gasteiger partial charge < -0.3 is 9.88 Å². The fourth-order valence-corrected chi connectivity index (χ4v) is 2.90. The lowest BCUT2D eigenvalue weighted by molar-refractivity contribution is -0.129. The molecule has 0 aliphatic carbocycles. The quantitative estimate of drug-likeness (QED) is 0.820. The summed E-state index contributed by atoms with van der Waals surface area (Å²) in [5.41, 5.74) is 3.61. The van der Waals surface area contributed by atoms with Crippen molar-refractivity contribution in [1.29, 1.82) is 0 Å². The number of fused-ring (bicyclic) bond motifs is 3. The smallest absolute Gasteiger partial charge is 0.226 e. The van der Waals surface area contributed by atoms with Crippen LogP contribution in [0.4, 0.5) is 0 Å². The standard InChI is InChI=1S/C15H18N2O/c1-3-10-9-17(2)14(18)8-12-11-6-4-5-7-13(11)16-15(10)12/h4-7,10,16H,3,8-9H2,1-2H3. The number of carbonyl (C=O) groups is 1.